The molecule has 1 aliphatic heterocycles. The van der Waals surface area contributed by atoms with Gasteiger partial charge in [-0.25, -0.2) is 0 Å². The summed E-state index contributed by atoms with van der Waals surface area (Å²) >= 11 is 0. The molecule has 0 bridgehead atoms. The van der Waals surface area contributed by atoms with Crippen LogP contribution in [0.4, 0.5) is 5.69 Å². The zero-order valence-corrected chi connectivity index (χ0v) is 12.1. The largest absolute Gasteiger partial charge is 0.497 e. The van der Waals surface area contributed by atoms with Gasteiger partial charge in [0.1, 0.15) is 5.75 Å². The van der Waals surface area contributed by atoms with Gasteiger partial charge in [0, 0.05) is 24.2 Å². The normalized spacial score (nSPS) is 22.0. The highest BCUT2D eigenvalue weighted by Crippen LogP contribution is 2.37. The molecule has 1 heterocycles. The molecule has 2 nitrogen and oxygen atoms in total. The van der Waals surface area contributed by atoms with E-state index in [0.29, 0.717) is 12.0 Å². The molecule has 2 aromatic rings. The minimum Gasteiger partial charge on any atom is -0.497 e. The van der Waals surface area contributed by atoms with Gasteiger partial charge in [0.2, 0.25) is 0 Å². The summed E-state index contributed by atoms with van der Waals surface area (Å²) in [6.07, 6.45) is 1.20. The van der Waals surface area contributed by atoms with Crippen molar-refractivity contribution < 1.29 is 4.74 Å². The van der Waals surface area contributed by atoms with Crippen LogP contribution in [0.2, 0.25) is 0 Å². The third kappa shape index (κ3) is 2.38. The molecule has 1 aliphatic rings. The molecule has 2 atom stereocenters. The van der Waals surface area contributed by atoms with Crippen molar-refractivity contribution in [2.24, 2.45) is 0 Å². The molecule has 104 valence electrons. The van der Waals surface area contributed by atoms with Gasteiger partial charge in [0.15, 0.2) is 0 Å². The number of nitrogens with zero attached hydrogens (tertiary/aromatic N) is 1. The van der Waals surface area contributed by atoms with Gasteiger partial charge in [-0.3, -0.25) is 0 Å². The molecule has 2 heteroatoms. The summed E-state index contributed by atoms with van der Waals surface area (Å²) in [5.74, 6) is 1.53. The molecular formula is C18H21NO. The van der Waals surface area contributed by atoms with E-state index in [4.69, 9.17) is 4.74 Å². The Labute approximate surface area is 121 Å². The molecule has 1 saturated heterocycles. The standard InChI is InChI=1S/C18H21NO/c1-14-18(15-7-6-10-17(13-15)20-2)11-12-19(14)16-8-4-3-5-9-16/h3-10,13-14,18H,11-12H2,1-2H3/t14-,18+/m0/s1. The van der Waals surface area contributed by atoms with Crippen LogP contribution in [0, 0.1) is 0 Å². The maximum atomic E-state index is 5.35. The molecule has 1 fully saturated rings. The van der Waals surface area contributed by atoms with E-state index < -0.39 is 0 Å². The number of ether oxygens (including phenoxy) is 1. The second-order valence-electron chi connectivity index (χ2n) is 5.44. The van der Waals surface area contributed by atoms with E-state index in [0.717, 1.165) is 12.3 Å². The second kappa shape index (κ2) is 5.58. The Bertz CT molecular complexity index is 567. The van der Waals surface area contributed by atoms with E-state index >= 15 is 0 Å². The van der Waals surface area contributed by atoms with E-state index in [9.17, 15) is 0 Å². The molecule has 0 unspecified atom stereocenters. The number of anilines is 1. The van der Waals surface area contributed by atoms with Crippen molar-refractivity contribution in [3.8, 4) is 5.75 Å². The Kier molecular flexibility index (Phi) is 3.64. The van der Waals surface area contributed by atoms with E-state index in [1.54, 1.807) is 7.11 Å². The number of hydrogen-bond acceptors (Lipinski definition) is 2. The lowest BCUT2D eigenvalue weighted by Crippen LogP contribution is -2.29. The van der Waals surface area contributed by atoms with Gasteiger partial charge >= 0.3 is 0 Å². The quantitative estimate of drug-likeness (QED) is 0.831. The fraction of sp³-hybridized carbons (Fsp3) is 0.333. The summed E-state index contributed by atoms with van der Waals surface area (Å²) in [5, 5.41) is 0. The molecule has 3 rings (SSSR count). The smallest absolute Gasteiger partial charge is 0.119 e. The van der Waals surface area contributed by atoms with Crippen LogP contribution in [0.25, 0.3) is 0 Å². The van der Waals surface area contributed by atoms with Gasteiger partial charge in [-0.15, -0.1) is 0 Å². The Balaban J connectivity index is 1.83. The van der Waals surface area contributed by atoms with Crippen LogP contribution in [0.1, 0.15) is 24.8 Å². The number of benzene rings is 2. The first-order chi connectivity index (χ1) is 9.79. The van der Waals surface area contributed by atoms with Crippen LogP contribution in [0.5, 0.6) is 5.75 Å². The first-order valence-corrected chi connectivity index (χ1v) is 7.25. The summed E-state index contributed by atoms with van der Waals surface area (Å²) in [5.41, 5.74) is 2.71. The molecule has 0 amide bonds. The highest BCUT2D eigenvalue weighted by Gasteiger charge is 2.31. The lowest BCUT2D eigenvalue weighted by molar-refractivity contribution is 0.413. The molecule has 0 aliphatic carbocycles. The van der Waals surface area contributed by atoms with Crippen molar-refractivity contribution in [2.75, 3.05) is 18.6 Å². The molecule has 0 N–H and O–H groups in total. The molecule has 0 radical (unpaired) electrons. The molecule has 2 aromatic carbocycles. The molecular weight excluding hydrogens is 246 g/mol. The molecule has 20 heavy (non-hydrogen) atoms. The van der Waals surface area contributed by atoms with Crippen LogP contribution in [-0.4, -0.2) is 19.7 Å². The Morgan fingerprint density at radius 3 is 2.60 bits per heavy atom. The van der Waals surface area contributed by atoms with Crippen LogP contribution in [0.3, 0.4) is 0 Å². The topological polar surface area (TPSA) is 12.5 Å². The molecule has 0 spiro atoms. The van der Waals surface area contributed by atoms with Gasteiger partial charge in [0.25, 0.3) is 0 Å². The maximum Gasteiger partial charge on any atom is 0.119 e. The minimum absolute atomic E-state index is 0.518. The first kappa shape index (κ1) is 13.0. The average molecular weight is 267 g/mol. The van der Waals surface area contributed by atoms with Crippen LogP contribution in [0.15, 0.2) is 54.6 Å². The fourth-order valence-electron chi connectivity index (χ4n) is 3.24. The van der Waals surface area contributed by atoms with E-state index in [1.807, 2.05) is 6.07 Å². The fourth-order valence-corrected chi connectivity index (χ4v) is 3.24. The van der Waals surface area contributed by atoms with Crippen molar-refractivity contribution in [2.45, 2.75) is 25.3 Å². The lowest BCUT2D eigenvalue weighted by atomic mass is 9.92. The van der Waals surface area contributed by atoms with Gasteiger partial charge in [-0.2, -0.15) is 0 Å². The summed E-state index contributed by atoms with van der Waals surface area (Å²) < 4.78 is 5.35. The number of para-hydroxylation sites is 1. The maximum absolute atomic E-state index is 5.35. The van der Waals surface area contributed by atoms with Gasteiger partial charge < -0.3 is 9.64 Å². The van der Waals surface area contributed by atoms with E-state index in [-0.39, 0.29) is 0 Å². The predicted octanol–water partition coefficient (Wildman–Crippen LogP) is 4.08. The summed E-state index contributed by atoms with van der Waals surface area (Å²) in [4.78, 5) is 2.50. The van der Waals surface area contributed by atoms with Crippen molar-refractivity contribution >= 4 is 5.69 Å². The van der Waals surface area contributed by atoms with E-state index in [2.05, 4.69) is 60.4 Å². The zero-order chi connectivity index (χ0) is 13.9. The van der Waals surface area contributed by atoms with Gasteiger partial charge in [0.05, 0.1) is 7.11 Å². The second-order valence-corrected chi connectivity index (χ2v) is 5.44. The highest BCUT2D eigenvalue weighted by atomic mass is 16.5. The van der Waals surface area contributed by atoms with Crippen molar-refractivity contribution in [3.05, 3.63) is 60.2 Å². The zero-order valence-electron chi connectivity index (χ0n) is 12.1. The Morgan fingerprint density at radius 1 is 1.05 bits per heavy atom. The third-order valence-corrected chi connectivity index (χ3v) is 4.36. The highest BCUT2D eigenvalue weighted by molar-refractivity contribution is 5.50. The van der Waals surface area contributed by atoms with Crippen LogP contribution in [-0.2, 0) is 0 Å². The minimum atomic E-state index is 0.518. The Morgan fingerprint density at radius 2 is 1.85 bits per heavy atom. The summed E-state index contributed by atoms with van der Waals surface area (Å²) in [7, 11) is 1.73. The predicted molar refractivity (Wildman–Crippen MR) is 83.6 cm³/mol. The first-order valence-electron chi connectivity index (χ1n) is 7.25. The summed E-state index contributed by atoms with van der Waals surface area (Å²) in [6.45, 7) is 3.44. The summed E-state index contributed by atoms with van der Waals surface area (Å²) in [6, 6.07) is 19.7. The van der Waals surface area contributed by atoms with Crippen molar-refractivity contribution in [3.63, 3.8) is 0 Å². The molecule has 0 saturated carbocycles. The lowest BCUT2D eigenvalue weighted by Gasteiger charge is -2.27. The van der Waals surface area contributed by atoms with E-state index in [1.165, 1.54) is 17.7 Å². The number of hydrogen-bond donors (Lipinski definition) is 0. The monoisotopic (exact) mass is 267 g/mol. The van der Waals surface area contributed by atoms with Crippen LogP contribution < -0.4 is 9.64 Å². The third-order valence-electron chi connectivity index (χ3n) is 4.36. The SMILES string of the molecule is COc1cccc([C@@H]2CCN(c3ccccc3)[C@H]2C)c1. The van der Waals surface area contributed by atoms with Crippen LogP contribution >= 0.6 is 0 Å². The van der Waals surface area contributed by atoms with Crippen molar-refractivity contribution in [1.82, 2.24) is 0 Å². The van der Waals surface area contributed by atoms with Gasteiger partial charge in [-0.1, -0.05) is 30.3 Å². The Hall–Kier alpha value is -1.96. The average Bonchev–Trinajstić information content (AvgIpc) is 2.90. The molecule has 0 aromatic heterocycles. The number of methoxy groups -OCH3 is 1. The van der Waals surface area contributed by atoms with Crippen molar-refractivity contribution in [1.29, 1.82) is 0 Å². The number of rotatable bonds is 3. The van der Waals surface area contributed by atoms with Gasteiger partial charge in [-0.05, 0) is 43.2 Å².